The van der Waals surface area contributed by atoms with Crippen LogP contribution in [0.25, 0.3) is 11.1 Å². The third-order valence-electron chi connectivity index (χ3n) is 4.12. The predicted octanol–water partition coefficient (Wildman–Crippen LogP) is 4.55. The molecule has 0 spiro atoms. The van der Waals surface area contributed by atoms with Crippen LogP contribution in [0.2, 0.25) is 0 Å². The molecule has 0 aliphatic heterocycles. The van der Waals surface area contributed by atoms with Crippen LogP contribution in [0.1, 0.15) is 24.2 Å². The fourth-order valence-corrected chi connectivity index (χ4v) is 3.44. The van der Waals surface area contributed by atoms with Gasteiger partial charge in [-0.1, -0.05) is 56.3 Å². The number of aromatic nitrogens is 1. The summed E-state index contributed by atoms with van der Waals surface area (Å²) in [6.07, 6.45) is 1.63. The Hall–Kier alpha value is -2.99. The van der Waals surface area contributed by atoms with E-state index in [1.807, 2.05) is 68.4 Å². The van der Waals surface area contributed by atoms with Crippen molar-refractivity contribution in [3.63, 3.8) is 0 Å². The van der Waals surface area contributed by atoms with Crippen molar-refractivity contribution < 1.29 is 9.59 Å². The van der Waals surface area contributed by atoms with Crippen LogP contribution in [-0.4, -0.2) is 34.8 Å². The van der Waals surface area contributed by atoms with Gasteiger partial charge < -0.3 is 10.2 Å². The molecule has 28 heavy (non-hydrogen) atoms. The first-order valence-corrected chi connectivity index (χ1v) is 10.0. The standard InChI is InChI=1S/C22H23N3O2S/c1-16(2)14-25(15-20(26)24-22-23-12-13-28-22)21(27)19-10-8-18(9-11-19)17-6-4-3-5-7-17/h3-13,16H,14-15H2,1-2H3,(H,23,24,26). The molecule has 0 radical (unpaired) electrons. The maximum atomic E-state index is 13.0. The summed E-state index contributed by atoms with van der Waals surface area (Å²) < 4.78 is 0. The molecule has 1 N–H and O–H groups in total. The van der Waals surface area contributed by atoms with Crippen LogP contribution in [0.3, 0.4) is 0 Å². The Balaban J connectivity index is 1.72. The van der Waals surface area contributed by atoms with Gasteiger partial charge >= 0.3 is 0 Å². The van der Waals surface area contributed by atoms with E-state index < -0.39 is 0 Å². The van der Waals surface area contributed by atoms with Crippen molar-refractivity contribution >= 4 is 28.3 Å². The van der Waals surface area contributed by atoms with Gasteiger partial charge in [-0.15, -0.1) is 11.3 Å². The molecule has 0 fully saturated rings. The third kappa shape index (κ3) is 5.27. The van der Waals surface area contributed by atoms with Crippen molar-refractivity contribution in [1.82, 2.24) is 9.88 Å². The molecular weight excluding hydrogens is 370 g/mol. The summed E-state index contributed by atoms with van der Waals surface area (Å²) in [5.41, 5.74) is 2.72. The van der Waals surface area contributed by atoms with Crippen LogP contribution in [0.15, 0.2) is 66.2 Å². The molecule has 0 aliphatic rings. The van der Waals surface area contributed by atoms with E-state index in [1.165, 1.54) is 11.3 Å². The summed E-state index contributed by atoms with van der Waals surface area (Å²) in [5, 5.41) is 5.07. The van der Waals surface area contributed by atoms with Crippen LogP contribution in [0.5, 0.6) is 0 Å². The Kier molecular flexibility index (Phi) is 6.55. The average Bonchev–Trinajstić information content (AvgIpc) is 3.20. The maximum Gasteiger partial charge on any atom is 0.254 e. The van der Waals surface area contributed by atoms with Crippen molar-refractivity contribution in [2.24, 2.45) is 5.92 Å². The molecule has 0 bridgehead atoms. The van der Waals surface area contributed by atoms with E-state index in [0.29, 0.717) is 17.2 Å². The second kappa shape index (κ2) is 9.28. The molecule has 144 valence electrons. The molecule has 0 atom stereocenters. The summed E-state index contributed by atoms with van der Waals surface area (Å²) in [4.78, 5) is 31.0. The molecule has 5 nitrogen and oxygen atoms in total. The normalized spacial score (nSPS) is 10.7. The van der Waals surface area contributed by atoms with Crippen LogP contribution >= 0.6 is 11.3 Å². The smallest absolute Gasteiger partial charge is 0.254 e. The number of amides is 2. The summed E-state index contributed by atoms with van der Waals surface area (Å²) in [7, 11) is 0. The number of nitrogens with one attached hydrogen (secondary N) is 1. The topological polar surface area (TPSA) is 62.3 Å². The molecule has 0 saturated heterocycles. The van der Waals surface area contributed by atoms with Gasteiger partial charge in [-0.2, -0.15) is 0 Å². The first-order chi connectivity index (χ1) is 13.5. The summed E-state index contributed by atoms with van der Waals surface area (Å²) in [5.74, 6) is -0.146. The van der Waals surface area contributed by atoms with E-state index in [9.17, 15) is 9.59 Å². The van der Waals surface area contributed by atoms with Gasteiger partial charge in [-0.25, -0.2) is 4.98 Å². The molecule has 1 aromatic heterocycles. The molecule has 1 heterocycles. The number of thiazole rings is 1. The van der Waals surface area contributed by atoms with E-state index in [1.54, 1.807) is 16.5 Å². The Morgan fingerprint density at radius 3 is 2.32 bits per heavy atom. The number of benzene rings is 2. The molecule has 2 amide bonds. The van der Waals surface area contributed by atoms with Crippen molar-refractivity contribution in [3.8, 4) is 11.1 Å². The lowest BCUT2D eigenvalue weighted by molar-refractivity contribution is -0.117. The van der Waals surface area contributed by atoms with Crippen molar-refractivity contribution in [2.75, 3.05) is 18.4 Å². The Bertz CT molecular complexity index is 907. The molecule has 0 saturated carbocycles. The number of hydrogen-bond acceptors (Lipinski definition) is 4. The highest BCUT2D eigenvalue weighted by Crippen LogP contribution is 2.20. The summed E-state index contributed by atoms with van der Waals surface area (Å²) in [6, 6.07) is 17.5. The minimum atomic E-state index is -0.246. The minimum Gasteiger partial charge on any atom is -0.329 e. The predicted molar refractivity (Wildman–Crippen MR) is 113 cm³/mol. The number of rotatable bonds is 7. The average molecular weight is 394 g/mol. The van der Waals surface area contributed by atoms with Crippen molar-refractivity contribution in [1.29, 1.82) is 0 Å². The lowest BCUT2D eigenvalue weighted by atomic mass is 10.0. The zero-order chi connectivity index (χ0) is 19.9. The molecule has 0 aliphatic carbocycles. The third-order valence-corrected chi connectivity index (χ3v) is 4.81. The second-order valence-electron chi connectivity index (χ2n) is 6.91. The number of nitrogens with zero attached hydrogens (tertiary/aromatic N) is 2. The zero-order valence-corrected chi connectivity index (χ0v) is 16.8. The van der Waals surface area contributed by atoms with Gasteiger partial charge in [-0.05, 0) is 29.2 Å². The van der Waals surface area contributed by atoms with Gasteiger partial charge in [0.1, 0.15) is 6.54 Å². The van der Waals surface area contributed by atoms with Gasteiger partial charge in [0.15, 0.2) is 5.13 Å². The van der Waals surface area contributed by atoms with Crippen LogP contribution in [0, 0.1) is 5.92 Å². The zero-order valence-electron chi connectivity index (χ0n) is 16.0. The highest BCUT2D eigenvalue weighted by molar-refractivity contribution is 7.13. The summed E-state index contributed by atoms with van der Waals surface area (Å²) >= 11 is 1.35. The minimum absolute atomic E-state index is 0.00295. The van der Waals surface area contributed by atoms with Gasteiger partial charge in [-0.3, -0.25) is 9.59 Å². The molecule has 0 unspecified atom stereocenters. The first kappa shape index (κ1) is 19.8. The van der Waals surface area contributed by atoms with Crippen LogP contribution in [0.4, 0.5) is 5.13 Å². The highest BCUT2D eigenvalue weighted by Gasteiger charge is 2.20. The number of anilines is 1. The van der Waals surface area contributed by atoms with Gasteiger partial charge in [0.25, 0.3) is 5.91 Å². The monoisotopic (exact) mass is 393 g/mol. The Morgan fingerprint density at radius 2 is 1.71 bits per heavy atom. The quantitative estimate of drug-likeness (QED) is 0.641. The Morgan fingerprint density at radius 1 is 1.04 bits per heavy atom. The van der Waals surface area contributed by atoms with Crippen LogP contribution in [-0.2, 0) is 4.79 Å². The lowest BCUT2D eigenvalue weighted by Crippen LogP contribution is -2.40. The van der Waals surface area contributed by atoms with Crippen molar-refractivity contribution in [3.05, 3.63) is 71.7 Å². The molecule has 6 heteroatoms. The fraction of sp³-hybridized carbons (Fsp3) is 0.227. The van der Waals surface area contributed by atoms with E-state index in [0.717, 1.165) is 11.1 Å². The fourth-order valence-electron chi connectivity index (χ4n) is 2.90. The maximum absolute atomic E-state index is 13.0. The van der Waals surface area contributed by atoms with Crippen molar-refractivity contribution in [2.45, 2.75) is 13.8 Å². The van der Waals surface area contributed by atoms with E-state index in [2.05, 4.69) is 10.3 Å². The highest BCUT2D eigenvalue weighted by atomic mass is 32.1. The molecule has 2 aromatic carbocycles. The van der Waals surface area contributed by atoms with Gasteiger partial charge in [0.2, 0.25) is 5.91 Å². The van der Waals surface area contributed by atoms with E-state index in [4.69, 9.17) is 0 Å². The van der Waals surface area contributed by atoms with Gasteiger partial charge in [0, 0.05) is 23.7 Å². The van der Waals surface area contributed by atoms with Gasteiger partial charge in [0.05, 0.1) is 0 Å². The largest absolute Gasteiger partial charge is 0.329 e. The number of carbonyl (C=O) groups is 2. The first-order valence-electron chi connectivity index (χ1n) is 9.17. The van der Waals surface area contributed by atoms with Crippen LogP contribution < -0.4 is 5.32 Å². The SMILES string of the molecule is CC(C)CN(CC(=O)Nc1nccs1)C(=O)c1ccc(-c2ccccc2)cc1. The molecule has 3 aromatic rings. The second-order valence-corrected chi connectivity index (χ2v) is 7.80. The number of carbonyl (C=O) groups excluding carboxylic acids is 2. The van der Waals surface area contributed by atoms with E-state index >= 15 is 0 Å². The molecular formula is C22H23N3O2S. The van der Waals surface area contributed by atoms with E-state index in [-0.39, 0.29) is 24.3 Å². The number of hydrogen-bond donors (Lipinski definition) is 1. The summed E-state index contributed by atoms with van der Waals surface area (Å²) in [6.45, 7) is 4.55. The Labute approximate surface area is 169 Å². The lowest BCUT2D eigenvalue weighted by Gasteiger charge is -2.24. The molecule has 3 rings (SSSR count).